The van der Waals surface area contributed by atoms with E-state index >= 15 is 0 Å². The average molecular weight is 703 g/mol. The van der Waals surface area contributed by atoms with E-state index in [1.54, 1.807) is 0 Å². The van der Waals surface area contributed by atoms with Crippen LogP contribution in [0.1, 0.15) is 24.5 Å². The van der Waals surface area contributed by atoms with Crippen LogP contribution in [0.3, 0.4) is 0 Å². The van der Waals surface area contributed by atoms with Crippen LogP contribution in [-0.4, -0.2) is 75.7 Å². The summed E-state index contributed by atoms with van der Waals surface area (Å²) in [6.07, 6.45) is -13.3. The van der Waals surface area contributed by atoms with Crippen molar-refractivity contribution >= 4 is 23.4 Å². The van der Waals surface area contributed by atoms with Crippen molar-refractivity contribution in [2.45, 2.75) is 44.6 Å². The van der Waals surface area contributed by atoms with Gasteiger partial charge in [-0.1, -0.05) is 0 Å². The molecule has 1 amide bonds. The summed E-state index contributed by atoms with van der Waals surface area (Å²) in [7, 11) is 0. The highest BCUT2D eigenvalue weighted by atomic mass is 19.4. The maximum absolute atomic E-state index is 14.5. The molecule has 0 saturated carbocycles. The van der Waals surface area contributed by atoms with Crippen molar-refractivity contribution in [2.24, 2.45) is 0 Å². The fourth-order valence-electron chi connectivity index (χ4n) is 4.21. The number of pyridine rings is 1. The molecule has 3 aromatic rings. The van der Waals surface area contributed by atoms with Gasteiger partial charge in [0.15, 0.2) is 11.6 Å². The number of amides is 1. The van der Waals surface area contributed by atoms with Gasteiger partial charge in [-0.15, -0.1) is 0 Å². The predicted molar refractivity (Wildman–Crippen MR) is 144 cm³/mol. The van der Waals surface area contributed by atoms with Gasteiger partial charge in [-0.3, -0.25) is 14.5 Å². The molecule has 4 heterocycles. The number of rotatable bonds is 11. The third-order valence-corrected chi connectivity index (χ3v) is 6.51. The molecule has 1 aliphatic rings. The molecule has 262 valence electrons. The van der Waals surface area contributed by atoms with E-state index in [2.05, 4.69) is 30.1 Å². The van der Waals surface area contributed by atoms with E-state index < -0.39 is 90.8 Å². The molecule has 22 heteroatoms. The molecule has 0 aliphatic carbocycles. The summed E-state index contributed by atoms with van der Waals surface area (Å²) in [5, 5.41) is 5.90. The van der Waals surface area contributed by atoms with Gasteiger partial charge in [0.25, 0.3) is 5.56 Å². The predicted octanol–water partition coefficient (Wildman–Crippen LogP) is 4.26. The third kappa shape index (κ3) is 9.19. The van der Waals surface area contributed by atoms with E-state index in [4.69, 9.17) is 4.74 Å². The zero-order valence-electron chi connectivity index (χ0n) is 24.5. The number of nitrogens with zero attached hydrogens (tertiary/aromatic N) is 7. The molecule has 1 aliphatic heterocycles. The SMILES string of the molecule is CC(COc1cc(N2CCN(c3ncc(C(F)(F)F)cn3)CC2=O)ncc1F)Nc1cnn(COCCC(F)(F)F)c(=O)c1C(F)(F)F. The monoisotopic (exact) mass is 702 g/mol. The summed E-state index contributed by atoms with van der Waals surface area (Å²) in [5.74, 6) is -2.19. The Morgan fingerprint density at radius 1 is 0.938 bits per heavy atom. The van der Waals surface area contributed by atoms with Gasteiger partial charge >= 0.3 is 18.5 Å². The Hall–Kier alpha value is -4.76. The van der Waals surface area contributed by atoms with E-state index in [9.17, 15) is 53.5 Å². The third-order valence-electron chi connectivity index (χ3n) is 6.51. The van der Waals surface area contributed by atoms with Crippen molar-refractivity contribution < 1.29 is 58.2 Å². The van der Waals surface area contributed by atoms with Gasteiger partial charge in [0, 0.05) is 31.5 Å². The molecule has 0 bridgehead atoms. The fourth-order valence-corrected chi connectivity index (χ4v) is 4.21. The maximum atomic E-state index is 14.5. The molecule has 1 N–H and O–H groups in total. The van der Waals surface area contributed by atoms with E-state index in [-0.39, 0.29) is 36.1 Å². The first kappa shape index (κ1) is 36.1. The summed E-state index contributed by atoms with van der Waals surface area (Å²) in [6, 6.07) is 0.0449. The minimum absolute atomic E-state index is 0.0502. The Balaban J connectivity index is 1.39. The number of hydrogen-bond donors (Lipinski definition) is 1. The molecule has 12 nitrogen and oxygen atoms in total. The van der Waals surface area contributed by atoms with Gasteiger partial charge in [0.05, 0.1) is 42.7 Å². The summed E-state index contributed by atoms with van der Waals surface area (Å²) < 4.78 is 141. The minimum atomic E-state index is -5.21. The number of aromatic nitrogens is 5. The number of nitrogens with one attached hydrogen (secondary N) is 1. The second kappa shape index (κ2) is 14.2. The second-order valence-electron chi connectivity index (χ2n) is 10.2. The van der Waals surface area contributed by atoms with E-state index in [1.165, 1.54) is 11.8 Å². The molecule has 3 aromatic heterocycles. The van der Waals surface area contributed by atoms with Crippen LogP contribution in [0.4, 0.5) is 61.4 Å². The Labute approximate surface area is 263 Å². The quantitative estimate of drug-likeness (QED) is 0.229. The summed E-state index contributed by atoms with van der Waals surface area (Å²) >= 11 is 0. The van der Waals surface area contributed by atoms with Crippen molar-refractivity contribution in [1.29, 1.82) is 0 Å². The van der Waals surface area contributed by atoms with Crippen LogP contribution < -0.4 is 25.4 Å². The molecule has 48 heavy (non-hydrogen) atoms. The van der Waals surface area contributed by atoms with Gasteiger partial charge in [0.1, 0.15) is 31.3 Å². The highest BCUT2D eigenvalue weighted by Gasteiger charge is 2.39. The minimum Gasteiger partial charge on any atom is -0.488 e. The van der Waals surface area contributed by atoms with Crippen LogP contribution in [-0.2, 0) is 28.6 Å². The van der Waals surface area contributed by atoms with Gasteiger partial charge in [0.2, 0.25) is 11.9 Å². The molecule has 0 radical (unpaired) electrons. The summed E-state index contributed by atoms with van der Waals surface area (Å²) in [5.41, 5.74) is -5.25. The summed E-state index contributed by atoms with van der Waals surface area (Å²) in [6.45, 7) is -1.36. The normalized spacial score (nSPS) is 15.1. The van der Waals surface area contributed by atoms with Crippen molar-refractivity contribution in [1.82, 2.24) is 24.7 Å². The van der Waals surface area contributed by atoms with Gasteiger partial charge in [-0.05, 0) is 6.92 Å². The van der Waals surface area contributed by atoms with Crippen molar-refractivity contribution in [3.63, 3.8) is 0 Å². The zero-order chi connectivity index (χ0) is 35.4. The average Bonchev–Trinajstić information content (AvgIpc) is 2.98. The number of carbonyl (C=O) groups is 1. The molecule has 0 spiro atoms. The standard InChI is InChI=1S/C26H24F10N8O4/c1-14(41-17-10-40-44(13-47-5-2-24(28,29)30)22(46)21(17)26(34,35)36)12-48-18-6-19(37-9-16(18)27)43-4-3-42(11-20(43)45)23-38-7-15(8-39-23)25(31,32)33/h6-10,14,41H,2-5,11-13H2,1H3. The van der Waals surface area contributed by atoms with E-state index in [0.29, 0.717) is 18.6 Å². The van der Waals surface area contributed by atoms with Crippen LogP contribution in [0.5, 0.6) is 5.75 Å². The van der Waals surface area contributed by atoms with Crippen molar-refractivity contribution in [2.75, 3.05) is 48.0 Å². The van der Waals surface area contributed by atoms with Crippen molar-refractivity contribution in [3.8, 4) is 5.75 Å². The molecule has 1 saturated heterocycles. The van der Waals surface area contributed by atoms with Gasteiger partial charge < -0.3 is 19.7 Å². The molecular weight excluding hydrogens is 678 g/mol. The molecule has 1 fully saturated rings. The van der Waals surface area contributed by atoms with Gasteiger partial charge in [-0.25, -0.2) is 24.0 Å². The highest BCUT2D eigenvalue weighted by molar-refractivity contribution is 5.96. The smallest absolute Gasteiger partial charge is 0.423 e. The maximum Gasteiger partial charge on any atom is 0.423 e. The first-order chi connectivity index (χ1) is 22.3. The van der Waals surface area contributed by atoms with Crippen LogP contribution in [0, 0.1) is 5.82 Å². The van der Waals surface area contributed by atoms with Crippen LogP contribution >= 0.6 is 0 Å². The van der Waals surface area contributed by atoms with Crippen LogP contribution in [0.2, 0.25) is 0 Å². The number of alkyl halides is 9. The Morgan fingerprint density at radius 3 is 2.23 bits per heavy atom. The van der Waals surface area contributed by atoms with Crippen molar-refractivity contribution in [3.05, 3.63) is 58.2 Å². The highest BCUT2D eigenvalue weighted by Crippen LogP contribution is 2.33. The van der Waals surface area contributed by atoms with E-state index in [0.717, 1.165) is 17.2 Å². The molecule has 4 rings (SSSR count). The number of halogens is 10. The number of ether oxygens (including phenoxy) is 2. The van der Waals surface area contributed by atoms with Gasteiger partial charge in [-0.2, -0.15) is 44.6 Å². The van der Waals surface area contributed by atoms with E-state index in [1.807, 2.05) is 0 Å². The first-order valence-electron chi connectivity index (χ1n) is 13.6. The topological polar surface area (TPSA) is 128 Å². The number of hydrogen-bond acceptors (Lipinski definition) is 10. The zero-order valence-corrected chi connectivity index (χ0v) is 24.5. The lowest BCUT2D eigenvalue weighted by Crippen LogP contribution is -2.51. The molecule has 1 unspecified atom stereocenters. The lowest BCUT2D eigenvalue weighted by Gasteiger charge is -2.33. The van der Waals surface area contributed by atoms with Crippen LogP contribution in [0.25, 0.3) is 0 Å². The molecule has 0 aromatic carbocycles. The Kier molecular flexibility index (Phi) is 10.6. The molecular formula is C26H24F10N8O4. The largest absolute Gasteiger partial charge is 0.488 e. The number of piperazine rings is 1. The van der Waals surface area contributed by atoms with Crippen LogP contribution in [0.15, 0.2) is 35.6 Å². The lowest BCUT2D eigenvalue weighted by molar-refractivity contribution is -0.148. The molecule has 1 atom stereocenters. The summed E-state index contributed by atoms with van der Waals surface area (Å²) in [4.78, 5) is 39.0. The first-order valence-corrected chi connectivity index (χ1v) is 13.6. The fraction of sp³-hybridized carbons (Fsp3) is 0.462. The Bertz CT molecular complexity index is 1650. The number of carbonyl (C=O) groups excluding carboxylic acids is 1. The Morgan fingerprint density at radius 2 is 1.62 bits per heavy atom. The lowest BCUT2D eigenvalue weighted by atomic mass is 10.2. The number of anilines is 3. The second-order valence-corrected chi connectivity index (χ2v) is 10.2.